The zero-order chi connectivity index (χ0) is 15.6. The standard InChI is InChI=1S/C16H17BrN2O2/c1-9-4-5-15(21-3)11(6-9)16(20)19-14-8-13(18)10(2)7-12(14)17/h4-8H,18H2,1-3H3,(H,19,20). The summed E-state index contributed by atoms with van der Waals surface area (Å²) in [6, 6.07) is 9.08. The van der Waals surface area contributed by atoms with Gasteiger partial charge >= 0.3 is 0 Å². The molecule has 2 aromatic carbocycles. The van der Waals surface area contributed by atoms with Crippen LogP contribution >= 0.6 is 15.9 Å². The van der Waals surface area contributed by atoms with Crippen molar-refractivity contribution < 1.29 is 9.53 Å². The van der Waals surface area contributed by atoms with E-state index in [1.807, 2.05) is 26.0 Å². The smallest absolute Gasteiger partial charge is 0.259 e. The Labute approximate surface area is 132 Å². The van der Waals surface area contributed by atoms with Crippen LogP contribution in [0.1, 0.15) is 21.5 Å². The van der Waals surface area contributed by atoms with Crippen molar-refractivity contribution in [3.8, 4) is 5.75 Å². The average Bonchev–Trinajstić information content (AvgIpc) is 2.44. The molecule has 21 heavy (non-hydrogen) atoms. The number of hydrogen-bond donors (Lipinski definition) is 2. The normalized spacial score (nSPS) is 10.3. The van der Waals surface area contributed by atoms with Gasteiger partial charge in [-0.25, -0.2) is 0 Å². The zero-order valence-corrected chi connectivity index (χ0v) is 13.7. The van der Waals surface area contributed by atoms with Crippen LogP contribution in [0.2, 0.25) is 0 Å². The summed E-state index contributed by atoms with van der Waals surface area (Å²) in [4.78, 5) is 12.4. The van der Waals surface area contributed by atoms with E-state index in [2.05, 4.69) is 21.2 Å². The molecule has 0 unspecified atom stereocenters. The van der Waals surface area contributed by atoms with Gasteiger partial charge in [-0.05, 0) is 59.6 Å². The lowest BCUT2D eigenvalue weighted by Gasteiger charge is -2.12. The highest BCUT2D eigenvalue weighted by molar-refractivity contribution is 9.10. The molecule has 3 N–H and O–H groups in total. The van der Waals surface area contributed by atoms with E-state index in [-0.39, 0.29) is 5.91 Å². The molecule has 5 heteroatoms. The Morgan fingerprint density at radius 3 is 2.62 bits per heavy atom. The Morgan fingerprint density at radius 2 is 1.95 bits per heavy atom. The van der Waals surface area contributed by atoms with E-state index >= 15 is 0 Å². The molecule has 0 heterocycles. The predicted octanol–water partition coefficient (Wildman–Crippen LogP) is 3.91. The third kappa shape index (κ3) is 3.36. The fraction of sp³-hybridized carbons (Fsp3) is 0.188. The number of methoxy groups -OCH3 is 1. The van der Waals surface area contributed by atoms with Gasteiger partial charge in [-0.2, -0.15) is 0 Å². The number of benzene rings is 2. The van der Waals surface area contributed by atoms with Gasteiger partial charge in [0.1, 0.15) is 5.75 Å². The van der Waals surface area contributed by atoms with Gasteiger partial charge in [0.2, 0.25) is 0 Å². The number of carbonyl (C=O) groups excluding carboxylic acids is 1. The summed E-state index contributed by atoms with van der Waals surface area (Å²) >= 11 is 3.43. The minimum Gasteiger partial charge on any atom is -0.496 e. The minimum atomic E-state index is -0.237. The monoisotopic (exact) mass is 348 g/mol. The van der Waals surface area contributed by atoms with Crippen molar-refractivity contribution in [1.29, 1.82) is 0 Å². The molecule has 2 rings (SSSR count). The van der Waals surface area contributed by atoms with Crippen molar-refractivity contribution >= 4 is 33.2 Å². The number of hydrogen-bond acceptors (Lipinski definition) is 3. The molecule has 0 aliphatic carbocycles. The van der Waals surface area contributed by atoms with Crippen LogP contribution in [0.4, 0.5) is 11.4 Å². The van der Waals surface area contributed by atoms with Crippen molar-refractivity contribution in [3.63, 3.8) is 0 Å². The first-order valence-corrected chi connectivity index (χ1v) is 7.23. The van der Waals surface area contributed by atoms with E-state index in [9.17, 15) is 4.79 Å². The Bertz CT molecular complexity index is 699. The van der Waals surface area contributed by atoms with E-state index in [4.69, 9.17) is 10.5 Å². The van der Waals surface area contributed by atoms with Crippen LogP contribution in [-0.2, 0) is 0 Å². The molecule has 0 radical (unpaired) electrons. The molecule has 0 saturated carbocycles. The van der Waals surface area contributed by atoms with Crippen molar-refractivity contribution in [1.82, 2.24) is 0 Å². The lowest BCUT2D eigenvalue weighted by atomic mass is 10.1. The van der Waals surface area contributed by atoms with Gasteiger partial charge < -0.3 is 15.8 Å². The average molecular weight is 349 g/mol. The molecule has 1 amide bonds. The van der Waals surface area contributed by atoms with Gasteiger partial charge in [0, 0.05) is 10.2 Å². The number of carbonyl (C=O) groups is 1. The highest BCUT2D eigenvalue weighted by Gasteiger charge is 2.14. The number of nitrogens with two attached hydrogens (primary N) is 1. The van der Waals surface area contributed by atoms with Gasteiger partial charge in [-0.15, -0.1) is 0 Å². The van der Waals surface area contributed by atoms with E-state index in [0.717, 1.165) is 15.6 Å². The van der Waals surface area contributed by atoms with E-state index in [1.54, 1.807) is 25.3 Å². The summed E-state index contributed by atoms with van der Waals surface area (Å²) in [5.41, 5.74) is 9.58. The number of amides is 1. The van der Waals surface area contributed by atoms with Crippen molar-refractivity contribution in [2.45, 2.75) is 13.8 Å². The number of rotatable bonds is 3. The van der Waals surface area contributed by atoms with Gasteiger partial charge in [0.15, 0.2) is 0 Å². The van der Waals surface area contributed by atoms with Crippen LogP contribution in [-0.4, -0.2) is 13.0 Å². The van der Waals surface area contributed by atoms with Crippen molar-refractivity contribution in [3.05, 3.63) is 51.5 Å². The number of ether oxygens (including phenoxy) is 1. The number of halogens is 1. The molecule has 0 saturated heterocycles. The Kier molecular flexibility index (Phi) is 4.53. The van der Waals surface area contributed by atoms with Crippen LogP contribution in [0.15, 0.2) is 34.8 Å². The summed E-state index contributed by atoms with van der Waals surface area (Å²) < 4.78 is 6.02. The van der Waals surface area contributed by atoms with E-state index in [1.165, 1.54) is 0 Å². The lowest BCUT2D eigenvalue weighted by molar-refractivity contribution is 0.102. The highest BCUT2D eigenvalue weighted by atomic mass is 79.9. The Morgan fingerprint density at radius 1 is 1.24 bits per heavy atom. The predicted molar refractivity (Wildman–Crippen MR) is 89.0 cm³/mol. The quantitative estimate of drug-likeness (QED) is 0.826. The second-order valence-electron chi connectivity index (χ2n) is 4.85. The summed E-state index contributed by atoms with van der Waals surface area (Å²) in [5.74, 6) is 0.300. The zero-order valence-electron chi connectivity index (χ0n) is 12.2. The third-order valence-electron chi connectivity index (χ3n) is 3.20. The Balaban J connectivity index is 2.34. The maximum atomic E-state index is 12.4. The van der Waals surface area contributed by atoms with E-state index in [0.29, 0.717) is 22.7 Å². The molecule has 0 spiro atoms. The van der Waals surface area contributed by atoms with Crippen LogP contribution in [0.5, 0.6) is 5.75 Å². The maximum Gasteiger partial charge on any atom is 0.259 e. The number of nitrogens with one attached hydrogen (secondary N) is 1. The van der Waals surface area contributed by atoms with Crippen LogP contribution in [0, 0.1) is 13.8 Å². The van der Waals surface area contributed by atoms with Gasteiger partial charge in [-0.1, -0.05) is 11.6 Å². The van der Waals surface area contributed by atoms with Crippen LogP contribution in [0.3, 0.4) is 0 Å². The first-order valence-electron chi connectivity index (χ1n) is 6.44. The molecule has 0 fully saturated rings. The molecule has 0 aliphatic rings. The fourth-order valence-electron chi connectivity index (χ4n) is 1.97. The van der Waals surface area contributed by atoms with Gasteiger partial charge in [0.25, 0.3) is 5.91 Å². The number of anilines is 2. The summed E-state index contributed by atoms with van der Waals surface area (Å²) in [6.45, 7) is 3.84. The number of nitrogen functional groups attached to an aromatic ring is 1. The molecular weight excluding hydrogens is 332 g/mol. The second kappa shape index (κ2) is 6.18. The molecule has 0 aromatic heterocycles. The molecule has 4 nitrogen and oxygen atoms in total. The first-order chi connectivity index (χ1) is 9.92. The molecule has 0 bridgehead atoms. The van der Waals surface area contributed by atoms with Crippen LogP contribution < -0.4 is 15.8 Å². The maximum absolute atomic E-state index is 12.4. The van der Waals surface area contributed by atoms with Crippen molar-refractivity contribution in [2.24, 2.45) is 0 Å². The fourth-order valence-corrected chi connectivity index (χ4v) is 2.53. The minimum absolute atomic E-state index is 0.237. The third-order valence-corrected chi connectivity index (χ3v) is 3.86. The topological polar surface area (TPSA) is 64.3 Å². The van der Waals surface area contributed by atoms with Gasteiger partial charge in [0.05, 0.1) is 18.4 Å². The number of aryl methyl sites for hydroxylation is 2. The summed E-state index contributed by atoms with van der Waals surface area (Å²) in [5, 5.41) is 2.85. The highest BCUT2D eigenvalue weighted by Crippen LogP contribution is 2.29. The van der Waals surface area contributed by atoms with Crippen LogP contribution in [0.25, 0.3) is 0 Å². The first kappa shape index (κ1) is 15.4. The molecule has 110 valence electrons. The summed E-state index contributed by atoms with van der Waals surface area (Å²) in [6.07, 6.45) is 0. The largest absolute Gasteiger partial charge is 0.496 e. The molecular formula is C16H17BrN2O2. The summed E-state index contributed by atoms with van der Waals surface area (Å²) in [7, 11) is 1.54. The van der Waals surface area contributed by atoms with E-state index < -0.39 is 0 Å². The molecule has 0 aliphatic heterocycles. The SMILES string of the molecule is COc1ccc(C)cc1C(=O)Nc1cc(N)c(C)cc1Br. The molecule has 0 atom stereocenters. The lowest BCUT2D eigenvalue weighted by Crippen LogP contribution is -2.14. The van der Waals surface area contributed by atoms with Gasteiger partial charge in [-0.3, -0.25) is 4.79 Å². The Hall–Kier alpha value is -2.01. The molecule has 2 aromatic rings. The van der Waals surface area contributed by atoms with Crippen molar-refractivity contribution in [2.75, 3.05) is 18.2 Å². The second-order valence-corrected chi connectivity index (χ2v) is 5.70.